The van der Waals surface area contributed by atoms with Crippen molar-refractivity contribution in [2.24, 2.45) is 0 Å². The molecule has 2 heterocycles. The summed E-state index contributed by atoms with van der Waals surface area (Å²) in [7, 11) is 0. The molecule has 4 aromatic rings. The molecule has 156 valence electrons. The van der Waals surface area contributed by atoms with E-state index in [1.807, 2.05) is 36.4 Å². The summed E-state index contributed by atoms with van der Waals surface area (Å²) < 4.78 is 1.11. The zero-order chi connectivity index (χ0) is 21.6. The molecule has 2 aromatic heterocycles. The maximum Gasteiger partial charge on any atom is 0.251 e. The van der Waals surface area contributed by atoms with Crippen LogP contribution >= 0.6 is 22.6 Å². The second kappa shape index (κ2) is 9.87. The monoisotopic (exact) mass is 522 g/mol. The van der Waals surface area contributed by atoms with Gasteiger partial charge in [0.1, 0.15) is 5.69 Å². The number of hydrogen-bond donors (Lipinski definition) is 2. The third-order valence-electron chi connectivity index (χ3n) is 5.13. The summed E-state index contributed by atoms with van der Waals surface area (Å²) >= 11 is 2.23. The SMILES string of the molecule is Cc1ccc(-c2n[nH]c(CCCNC(=O)c3ccc(I)cc3)c2-c2ccncc2)cc1. The van der Waals surface area contributed by atoms with E-state index in [4.69, 9.17) is 0 Å². The molecule has 0 fully saturated rings. The van der Waals surface area contributed by atoms with Crippen LogP contribution in [0.2, 0.25) is 0 Å². The number of pyridine rings is 1. The highest BCUT2D eigenvalue weighted by Gasteiger charge is 2.16. The summed E-state index contributed by atoms with van der Waals surface area (Å²) in [4.78, 5) is 16.5. The average Bonchev–Trinajstić information content (AvgIpc) is 3.22. The zero-order valence-electron chi connectivity index (χ0n) is 17.2. The molecule has 0 unspecified atom stereocenters. The van der Waals surface area contributed by atoms with Gasteiger partial charge in [0, 0.05) is 44.9 Å². The Morgan fingerprint density at radius 2 is 1.68 bits per heavy atom. The van der Waals surface area contributed by atoms with Crippen LogP contribution in [-0.4, -0.2) is 27.6 Å². The summed E-state index contributed by atoms with van der Waals surface area (Å²) in [5.74, 6) is -0.0456. The molecule has 0 aliphatic heterocycles. The first-order valence-corrected chi connectivity index (χ1v) is 11.3. The number of aromatic nitrogens is 3. The molecule has 0 saturated heterocycles. The molecular weight excluding hydrogens is 499 g/mol. The standard InChI is InChI=1S/C25H23IN4O/c1-17-4-6-19(7-5-17)24-23(18-12-15-27-16-13-18)22(29-30-24)3-2-14-28-25(31)20-8-10-21(26)11-9-20/h4-13,15-16H,2-3,14H2,1H3,(H,28,31)(H,29,30). The van der Waals surface area contributed by atoms with E-state index < -0.39 is 0 Å². The fourth-order valence-corrected chi connectivity index (χ4v) is 3.84. The second-order valence-electron chi connectivity index (χ2n) is 7.39. The van der Waals surface area contributed by atoms with Crippen LogP contribution in [0.25, 0.3) is 22.4 Å². The van der Waals surface area contributed by atoms with Crippen LogP contribution in [-0.2, 0) is 6.42 Å². The number of benzene rings is 2. The summed E-state index contributed by atoms with van der Waals surface area (Å²) in [5, 5.41) is 10.9. The number of carbonyl (C=O) groups excluding carboxylic acids is 1. The molecule has 2 aromatic carbocycles. The van der Waals surface area contributed by atoms with E-state index in [0.717, 1.165) is 44.5 Å². The van der Waals surface area contributed by atoms with Crippen molar-refractivity contribution in [1.82, 2.24) is 20.5 Å². The van der Waals surface area contributed by atoms with Crippen LogP contribution in [0.3, 0.4) is 0 Å². The number of amides is 1. The minimum Gasteiger partial charge on any atom is -0.352 e. The molecular formula is C25H23IN4O. The maximum absolute atomic E-state index is 12.3. The van der Waals surface area contributed by atoms with Gasteiger partial charge in [-0.05, 0) is 84.3 Å². The second-order valence-corrected chi connectivity index (χ2v) is 8.64. The van der Waals surface area contributed by atoms with Gasteiger partial charge in [0.2, 0.25) is 0 Å². The van der Waals surface area contributed by atoms with Gasteiger partial charge in [-0.25, -0.2) is 0 Å². The van der Waals surface area contributed by atoms with Gasteiger partial charge in [0.05, 0.1) is 0 Å². The first-order valence-electron chi connectivity index (χ1n) is 10.2. The lowest BCUT2D eigenvalue weighted by molar-refractivity contribution is 0.0953. The van der Waals surface area contributed by atoms with Crippen molar-refractivity contribution in [1.29, 1.82) is 0 Å². The van der Waals surface area contributed by atoms with E-state index in [0.29, 0.717) is 12.1 Å². The number of rotatable bonds is 7. The number of aryl methyl sites for hydroxylation is 2. The molecule has 0 aliphatic carbocycles. The van der Waals surface area contributed by atoms with E-state index in [1.165, 1.54) is 5.56 Å². The van der Waals surface area contributed by atoms with Crippen molar-refractivity contribution in [2.45, 2.75) is 19.8 Å². The zero-order valence-corrected chi connectivity index (χ0v) is 19.4. The molecule has 0 radical (unpaired) electrons. The molecule has 0 atom stereocenters. The van der Waals surface area contributed by atoms with Crippen LogP contribution in [0.5, 0.6) is 0 Å². The highest BCUT2D eigenvalue weighted by Crippen LogP contribution is 2.33. The fraction of sp³-hybridized carbons (Fsp3) is 0.160. The summed E-state index contributed by atoms with van der Waals surface area (Å²) in [6.07, 6.45) is 5.19. The van der Waals surface area contributed by atoms with Crippen LogP contribution in [0.1, 0.15) is 28.0 Å². The van der Waals surface area contributed by atoms with Gasteiger partial charge in [-0.2, -0.15) is 5.10 Å². The highest BCUT2D eigenvalue weighted by atomic mass is 127. The van der Waals surface area contributed by atoms with Crippen molar-refractivity contribution in [2.75, 3.05) is 6.54 Å². The van der Waals surface area contributed by atoms with Crippen molar-refractivity contribution in [3.63, 3.8) is 0 Å². The van der Waals surface area contributed by atoms with E-state index in [1.54, 1.807) is 12.4 Å². The van der Waals surface area contributed by atoms with E-state index in [-0.39, 0.29) is 5.91 Å². The number of nitrogens with one attached hydrogen (secondary N) is 2. The topological polar surface area (TPSA) is 70.7 Å². The third kappa shape index (κ3) is 5.19. The molecule has 0 spiro atoms. The Kier molecular flexibility index (Phi) is 6.76. The quantitative estimate of drug-likeness (QED) is 0.252. The number of H-pyrrole nitrogens is 1. The number of halogens is 1. The smallest absolute Gasteiger partial charge is 0.251 e. The summed E-state index contributed by atoms with van der Waals surface area (Å²) in [5.41, 5.74) is 7.14. The first kappa shape index (κ1) is 21.2. The maximum atomic E-state index is 12.3. The molecule has 4 rings (SSSR count). The molecule has 31 heavy (non-hydrogen) atoms. The lowest BCUT2D eigenvalue weighted by atomic mass is 9.97. The first-order chi connectivity index (χ1) is 15.1. The highest BCUT2D eigenvalue weighted by molar-refractivity contribution is 14.1. The van der Waals surface area contributed by atoms with Crippen LogP contribution in [0, 0.1) is 10.5 Å². The Hall–Kier alpha value is -3.00. The van der Waals surface area contributed by atoms with Crippen molar-refractivity contribution in [3.8, 4) is 22.4 Å². The van der Waals surface area contributed by atoms with Crippen molar-refractivity contribution >= 4 is 28.5 Å². The fourth-order valence-electron chi connectivity index (χ4n) is 3.48. The lowest BCUT2D eigenvalue weighted by Crippen LogP contribution is -2.24. The Balaban J connectivity index is 1.48. The van der Waals surface area contributed by atoms with Gasteiger partial charge in [0.15, 0.2) is 0 Å². The number of nitrogens with zero attached hydrogens (tertiary/aromatic N) is 2. The number of aromatic amines is 1. The number of carbonyl (C=O) groups is 1. The Bertz CT molecular complexity index is 1150. The van der Waals surface area contributed by atoms with Crippen molar-refractivity contribution in [3.05, 3.63) is 93.4 Å². The Labute approximate surface area is 195 Å². The molecule has 0 saturated carbocycles. The average molecular weight is 522 g/mol. The minimum absolute atomic E-state index is 0.0456. The normalized spacial score (nSPS) is 10.8. The van der Waals surface area contributed by atoms with Gasteiger partial charge in [-0.1, -0.05) is 29.8 Å². The van der Waals surface area contributed by atoms with Crippen LogP contribution in [0.4, 0.5) is 0 Å². The van der Waals surface area contributed by atoms with E-state index in [2.05, 4.69) is 74.3 Å². The van der Waals surface area contributed by atoms with Crippen LogP contribution in [0.15, 0.2) is 73.1 Å². The predicted octanol–water partition coefficient (Wildman–Crippen LogP) is 5.41. The third-order valence-corrected chi connectivity index (χ3v) is 5.85. The van der Waals surface area contributed by atoms with Crippen LogP contribution < -0.4 is 5.32 Å². The van der Waals surface area contributed by atoms with Gasteiger partial charge >= 0.3 is 0 Å². The van der Waals surface area contributed by atoms with E-state index in [9.17, 15) is 4.79 Å². The van der Waals surface area contributed by atoms with E-state index >= 15 is 0 Å². The predicted molar refractivity (Wildman–Crippen MR) is 132 cm³/mol. The minimum atomic E-state index is -0.0456. The molecule has 6 heteroatoms. The summed E-state index contributed by atoms with van der Waals surface area (Å²) in [6.45, 7) is 2.67. The Morgan fingerprint density at radius 1 is 0.968 bits per heavy atom. The summed E-state index contributed by atoms with van der Waals surface area (Å²) in [6, 6.07) is 20.0. The van der Waals surface area contributed by atoms with Gasteiger partial charge < -0.3 is 5.32 Å². The van der Waals surface area contributed by atoms with Gasteiger partial charge in [-0.15, -0.1) is 0 Å². The lowest BCUT2D eigenvalue weighted by Gasteiger charge is -2.08. The molecule has 2 N–H and O–H groups in total. The number of hydrogen-bond acceptors (Lipinski definition) is 3. The Morgan fingerprint density at radius 3 is 2.39 bits per heavy atom. The van der Waals surface area contributed by atoms with Gasteiger partial charge in [-0.3, -0.25) is 14.9 Å². The largest absolute Gasteiger partial charge is 0.352 e. The van der Waals surface area contributed by atoms with Gasteiger partial charge in [0.25, 0.3) is 5.91 Å². The van der Waals surface area contributed by atoms with Crippen molar-refractivity contribution < 1.29 is 4.79 Å². The molecule has 5 nitrogen and oxygen atoms in total. The molecule has 1 amide bonds. The molecule has 0 aliphatic rings. The molecule has 0 bridgehead atoms.